The van der Waals surface area contributed by atoms with Gasteiger partial charge in [0.25, 0.3) is 0 Å². The first-order valence-corrected chi connectivity index (χ1v) is 14.0. The quantitative estimate of drug-likeness (QED) is 0.341. The smallest absolute Gasteiger partial charge is 0.241 e. The molecule has 4 rings (SSSR count). The van der Waals surface area contributed by atoms with Crippen LogP contribution in [0.25, 0.3) is 0 Å². The molecule has 10 heteroatoms. The number of aromatic nitrogens is 2. The third-order valence-electron chi connectivity index (χ3n) is 6.21. The van der Waals surface area contributed by atoms with E-state index in [0.29, 0.717) is 23.5 Å². The molecule has 4 N–H and O–H groups in total. The molecule has 0 saturated carbocycles. The Labute approximate surface area is 220 Å². The van der Waals surface area contributed by atoms with E-state index >= 15 is 0 Å². The summed E-state index contributed by atoms with van der Waals surface area (Å²) < 4.78 is 28.2. The van der Waals surface area contributed by atoms with Gasteiger partial charge in [-0.15, -0.1) is 0 Å². The highest BCUT2D eigenvalue weighted by atomic mass is 32.2. The van der Waals surface area contributed by atoms with E-state index in [-0.39, 0.29) is 4.90 Å². The van der Waals surface area contributed by atoms with Crippen LogP contribution in [0.4, 0.5) is 28.8 Å². The number of hydrogen-bond acceptors (Lipinski definition) is 8. The molecular weight excluding hydrogens is 486 g/mol. The Hall–Kier alpha value is -3.21. The van der Waals surface area contributed by atoms with Gasteiger partial charge in [-0.3, -0.25) is 0 Å². The third-order valence-corrected chi connectivity index (χ3v) is 7.97. The van der Waals surface area contributed by atoms with Gasteiger partial charge >= 0.3 is 0 Å². The Morgan fingerprint density at radius 1 is 0.973 bits per heavy atom. The second-order valence-corrected chi connectivity index (χ2v) is 12.1. The van der Waals surface area contributed by atoms with Crippen LogP contribution in [0.1, 0.15) is 39.2 Å². The highest BCUT2D eigenvalue weighted by Gasteiger charge is 2.22. The van der Waals surface area contributed by atoms with Gasteiger partial charge in [0.1, 0.15) is 5.82 Å². The van der Waals surface area contributed by atoms with Crippen LogP contribution in [0.15, 0.2) is 59.6 Å². The van der Waals surface area contributed by atoms with E-state index in [1.54, 1.807) is 24.4 Å². The molecule has 37 heavy (non-hydrogen) atoms. The topological polar surface area (TPSA) is 111 Å². The van der Waals surface area contributed by atoms with Crippen molar-refractivity contribution >= 4 is 38.9 Å². The van der Waals surface area contributed by atoms with Crippen molar-refractivity contribution in [2.75, 3.05) is 35.7 Å². The van der Waals surface area contributed by atoms with E-state index in [0.717, 1.165) is 37.2 Å². The molecular formula is C27H37N7O2S. The average molecular weight is 524 g/mol. The minimum Gasteiger partial charge on any atom is -0.371 e. The summed E-state index contributed by atoms with van der Waals surface area (Å²) in [6.07, 6.45) is 4.02. The molecule has 0 bridgehead atoms. The molecule has 2 aromatic carbocycles. The zero-order valence-corrected chi connectivity index (χ0v) is 23.0. The van der Waals surface area contributed by atoms with Crippen molar-refractivity contribution in [1.29, 1.82) is 0 Å². The zero-order chi connectivity index (χ0) is 26.6. The molecule has 0 radical (unpaired) electrons. The van der Waals surface area contributed by atoms with Crippen molar-refractivity contribution in [2.24, 2.45) is 0 Å². The summed E-state index contributed by atoms with van der Waals surface area (Å²) in [5, 5.41) is 9.88. The Balaban J connectivity index is 1.45. The van der Waals surface area contributed by atoms with Crippen LogP contribution < -0.4 is 25.6 Å². The normalized spacial score (nSPS) is 15.0. The van der Waals surface area contributed by atoms with Gasteiger partial charge in [0.2, 0.25) is 16.0 Å². The molecule has 1 saturated heterocycles. The van der Waals surface area contributed by atoms with E-state index in [1.807, 2.05) is 52.9 Å². The molecule has 3 aromatic rings. The predicted molar refractivity (Wildman–Crippen MR) is 151 cm³/mol. The van der Waals surface area contributed by atoms with E-state index < -0.39 is 15.6 Å². The van der Waals surface area contributed by atoms with Crippen LogP contribution in [0.2, 0.25) is 0 Å². The number of hydrogen-bond donors (Lipinski definition) is 4. The lowest BCUT2D eigenvalue weighted by molar-refractivity contribution is 0.442. The van der Waals surface area contributed by atoms with Gasteiger partial charge in [0.15, 0.2) is 0 Å². The van der Waals surface area contributed by atoms with Crippen molar-refractivity contribution in [2.45, 2.75) is 57.0 Å². The molecule has 1 aliphatic rings. The van der Waals surface area contributed by atoms with Crippen LogP contribution in [0.5, 0.6) is 0 Å². The van der Waals surface area contributed by atoms with Gasteiger partial charge in [0, 0.05) is 53.5 Å². The van der Waals surface area contributed by atoms with Crippen molar-refractivity contribution < 1.29 is 8.42 Å². The first-order chi connectivity index (χ1) is 17.5. The summed E-state index contributed by atoms with van der Waals surface area (Å²) in [7, 11) is -1.62. The van der Waals surface area contributed by atoms with E-state index in [2.05, 4.69) is 47.7 Å². The van der Waals surface area contributed by atoms with Crippen LogP contribution in [0.3, 0.4) is 0 Å². The number of anilines is 5. The lowest BCUT2D eigenvalue weighted by Crippen LogP contribution is -2.41. The number of rotatable bonds is 8. The maximum atomic E-state index is 12.7. The van der Waals surface area contributed by atoms with E-state index in [1.165, 1.54) is 5.69 Å². The summed E-state index contributed by atoms with van der Waals surface area (Å²) in [6, 6.07) is 15.6. The molecule has 1 aromatic heterocycles. The number of piperidine rings is 1. The SMILES string of the molecule is CNC1CCN(c2ccc(Nc3ncc(C)c(Nc4cccc(S(=O)(=O)NC(C)(C)C)c4)n3)cc2)CC1. The Morgan fingerprint density at radius 2 is 1.68 bits per heavy atom. The molecule has 0 aliphatic carbocycles. The number of benzene rings is 2. The standard InChI is InChI=1S/C27H37N7O2S/c1-19-18-29-26(31-21-9-11-23(12-10-21)34-15-13-20(28-5)14-16-34)32-25(19)30-22-7-6-8-24(17-22)37(35,36)33-27(2,3)4/h6-12,17-18,20,28,33H,13-16H2,1-5H3,(H2,29,30,31,32). The molecule has 0 amide bonds. The van der Waals surface area contributed by atoms with Gasteiger partial charge in [-0.05, 0) is 90.0 Å². The molecule has 1 fully saturated rings. The maximum absolute atomic E-state index is 12.7. The minimum atomic E-state index is -3.65. The minimum absolute atomic E-state index is 0.188. The summed E-state index contributed by atoms with van der Waals surface area (Å²) in [5.74, 6) is 1.05. The summed E-state index contributed by atoms with van der Waals surface area (Å²) in [4.78, 5) is 11.6. The van der Waals surface area contributed by atoms with Gasteiger partial charge in [-0.1, -0.05) is 6.07 Å². The second kappa shape index (κ2) is 11.0. The summed E-state index contributed by atoms with van der Waals surface area (Å²) in [5.41, 5.74) is 2.99. The van der Waals surface area contributed by atoms with Crippen molar-refractivity contribution in [1.82, 2.24) is 20.0 Å². The third kappa shape index (κ3) is 7.18. The largest absolute Gasteiger partial charge is 0.371 e. The molecule has 9 nitrogen and oxygen atoms in total. The first-order valence-electron chi connectivity index (χ1n) is 12.6. The Bertz CT molecular complexity index is 1310. The van der Waals surface area contributed by atoms with Crippen molar-refractivity contribution in [3.05, 3.63) is 60.3 Å². The van der Waals surface area contributed by atoms with Gasteiger partial charge in [-0.2, -0.15) is 4.98 Å². The van der Waals surface area contributed by atoms with Crippen LogP contribution in [-0.2, 0) is 10.0 Å². The lowest BCUT2D eigenvalue weighted by Gasteiger charge is -2.33. The Morgan fingerprint density at radius 3 is 2.32 bits per heavy atom. The fourth-order valence-corrected chi connectivity index (χ4v) is 5.74. The second-order valence-electron chi connectivity index (χ2n) is 10.5. The summed E-state index contributed by atoms with van der Waals surface area (Å²) in [6.45, 7) is 9.43. The molecule has 2 heterocycles. The van der Waals surface area contributed by atoms with Gasteiger partial charge in [0.05, 0.1) is 4.90 Å². The molecule has 0 unspecified atom stereocenters. The van der Waals surface area contributed by atoms with Crippen molar-refractivity contribution in [3.8, 4) is 0 Å². The van der Waals surface area contributed by atoms with Crippen LogP contribution in [-0.4, -0.2) is 50.1 Å². The monoisotopic (exact) mass is 523 g/mol. The van der Waals surface area contributed by atoms with Crippen LogP contribution >= 0.6 is 0 Å². The molecule has 0 atom stereocenters. The van der Waals surface area contributed by atoms with Gasteiger partial charge in [-0.25, -0.2) is 18.1 Å². The molecule has 1 aliphatic heterocycles. The number of nitrogens with zero attached hydrogens (tertiary/aromatic N) is 3. The molecule has 0 spiro atoms. The lowest BCUT2D eigenvalue weighted by atomic mass is 10.0. The number of aryl methyl sites for hydroxylation is 1. The van der Waals surface area contributed by atoms with E-state index in [9.17, 15) is 8.42 Å². The molecule has 198 valence electrons. The number of nitrogens with one attached hydrogen (secondary N) is 4. The maximum Gasteiger partial charge on any atom is 0.241 e. The van der Waals surface area contributed by atoms with Crippen LogP contribution in [0, 0.1) is 6.92 Å². The first kappa shape index (κ1) is 26.8. The highest BCUT2D eigenvalue weighted by Crippen LogP contribution is 2.25. The van der Waals surface area contributed by atoms with Crippen molar-refractivity contribution in [3.63, 3.8) is 0 Å². The fourth-order valence-electron chi connectivity index (χ4n) is 4.28. The van der Waals surface area contributed by atoms with Gasteiger partial charge < -0.3 is 20.9 Å². The predicted octanol–water partition coefficient (Wildman–Crippen LogP) is 4.54. The average Bonchev–Trinajstić information content (AvgIpc) is 2.85. The fraction of sp³-hybridized carbons (Fsp3) is 0.407. The highest BCUT2D eigenvalue weighted by molar-refractivity contribution is 7.89. The summed E-state index contributed by atoms with van der Waals surface area (Å²) >= 11 is 0. The van der Waals surface area contributed by atoms with E-state index in [4.69, 9.17) is 0 Å². The Kier molecular flexibility index (Phi) is 8.01. The number of sulfonamides is 1. The zero-order valence-electron chi connectivity index (χ0n) is 22.2.